The van der Waals surface area contributed by atoms with E-state index in [1.54, 1.807) is 0 Å². The fourth-order valence-corrected chi connectivity index (χ4v) is 4.60. The predicted molar refractivity (Wildman–Crippen MR) is 123 cm³/mol. The van der Waals surface area contributed by atoms with Gasteiger partial charge in [0.25, 0.3) is 5.91 Å². The molecule has 3 N–H and O–H groups in total. The van der Waals surface area contributed by atoms with Crippen LogP contribution in [0.3, 0.4) is 0 Å². The van der Waals surface area contributed by atoms with Crippen LogP contribution in [-0.2, 0) is 11.2 Å². The van der Waals surface area contributed by atoms with Gasteiger partial charge in [0.2, 0.25) is 5.72 Å². The van der Waals surface area contributed by atoms with Gasteiger partial charge in [-0.15, -0.1) is 0 Å². The topological polar surface area (TPSA) is 64.6 Å². The number of rotatable bonds is 6. The summed E-state index contributed by atoms with van der Waals surface area (Å²) < 4.78 is 0. The normalized spacial score (nSPS) is 19.5. The molecule has 5 heteroatoms. The first-order chi connectivity index (χ1) is 15.2. The zero-order valence-electron chi connectivity index (χ0n) is 17.2. The predicted octanol–water partition coefficient (Wildman–Crippen LogP) is 3.78. The van der Waals surface area contributed by atoms with Crippen LogP contribution in [0.25, 0.3) is 5.57 Å². The molecule has 0 aromatic heterocycles. The Bertz CT molecular complexity index is 1130. The molecule has 0 fully saturated rings. The van der Waals surface area contributed by atoms with Gasteiger partial charge < -0.3 is 20.6 Å². The Hall–Kier alpha value is -3.57. The van der Waals surface area contributed by atoms with Crippen molar-refractivity contribution >= 4 is 22.9 Å². The molecule has 3 aromatic rings. The smallest absolute Gasteiger partial charge is 0.282 e. The van der Waals surface area contributed by atoms with Gasteiger partial charge in [-0.1, -0.05) is 60.7 Å². The summed E-state index contributed by atoms with van der Waals surface area (Å²) >= 11 is 0. The third-order valence-corrected chi connectivity index (χ3v) is 6.06. The summed E-state index contributed by atoms with van der Waals surface area (Å²) in [6, 6.07) is 27.6. The Morgan fingerprint density at radius 1 is 0.903 bits per heavy atom. The summed E-state index contributed by atoms with van der Waals surface area (Å²) in [4.78, 5) is 15.1. The molecule has 5 rings (SSSR count). The van der Waals surface area contributed by atoms with Gasteiger partial charge in [0.15, 0.2) is 0 Å². The number of fused-ring (bicyclic) bond motifs is 2. The summed E-state index contributed by atoms with van der Waals surface area (Å²) in [6.45, 7) is 1.01. The van der Waals surface area contributed by atoms with E-state index in [1.165, 1.54) is 0 Å². The van der Waals surface area contributed by atoms with Gasteiger partial charge in [-0.25, -0.2) is 0 Å². The highest BCUT2D eigenvalue weighted by Crippen LogP contribution is 2.44. The van der Waals surface area contributed by atoms with Gasteiger partial charge in [-0.2, -0.15) is 0 Å². The second kappa shape index (κ2) is 7.93. The van der Waals surface area contributed by atoms with Crippen molar-refractivity contribution in [1.82, 2.24) is 5.32 Å². The van der Waals surface area contributed by atoms with Crippen molar-refractivity contribution in [3.8, 4) is 0 Å². The average Bonchev–Trinajstić information content (AvgIpc) is 3.09. The molecule has 31 heavy (non-hydrogen) atoms. The molecule has 1 heterocycles. The first-order valence-electron chi connectivity index (χ1n) is 10.7. The van der Waals surface area contributed by atoms with Crippen molar-refractivity contribution in [3.05, 3.63) is 102 Å². The SMILES string of the molecule is O=C1NC2=C(c3ccccc3CC2)C1(O)N(CCNc1ccccc1)c1ccccc1. The van der Waals surface area contributed by atoms with Gasteiger partial charge in [0.05, 0.1) is 0 Å². The van der Waals surface area contributed by atoms with Crippen molar-refractivity contribution in [1.29, 1.82) is 0 Å². The van der Waals surface area contributed by atoms with E-state index in [1.807, 2.05) is 83.8 Å². The number of nitrogens with one attached hydrogen (secondary N) is 2. The minimum atomic E-state index is -1.77. The summed E-state index contributed by atoms with van der Waals surface area (Å²) in [7, 11) is 0. The van der Waals surface area contributed by atoms with E-state index in [-0.39, 0.29) is 0 Å². The van der Waals surface area contributed by atoms with Crippen LogP contribution in [-0.4, -0.2) is 29.8 Å². The van der Waals surface area contributed by atoms with Crippen LogP contribution < -0.4 is 15.5 Å². The Kier molecular flexibility index (Phi) is 4.96. The maximum absolute atomic E-state index is 13.3. The summed E-state index contributed by atoms with van der Waals surface area (Å²) in [6.07, 6.45) is 1.57. The molecular weight excluding hydrogens is 386 g/mol. The summed E-state index contributed by atoms with van der Waals surface area (Å²) in [5, 5.41) is 18.4. The molecule has 0 saturated carbocycles. The van der Waals surface area contributed by atoms with Gasteiger partial charge in [0.1, 0.15) is 0 Å². The van der Waals surface area contributed by atoms with E-state index in [0.29, 0.717) is 25.1 Å². The zero-order chi connectivity index (χ0) is 21.3. The lowest BCUT2D eigenvalue weighted by Gasteiger charge is -2.39. The number of benzene rings is 3. The number of anilines is 2. The number of carbonyl (C=O) groups excluding carboxylic acids is 1. The van der Waals surface area contributed by atoms with Crippen molar-refractivity contribution in [2.24, 2.45) is 0 Å². The van der Waals surface area contributed by atoms with Crippen molar-refractivity contribution in [3.63, 3.8) is 0 Å². The number of aliphatic hydroxyl groups is 1. The highest BCUT2D eigenvalue weighted by molar-refractivity contribution is 6.09. The molecule has 1 amide bonds. The van der Waals surface area contributed by atoms with Gasteiger partial charge in [-0.3, -0.25) is 4.79 Å². The Morgan fingerprint density at radius 3 is 2.35 bits per heavy atom. The van der Waals surface area contributed by atoms with Crippen LogP contribution in [0, 0.1) is 0 Å². The number of carbonyl (C=O) groups is 1. The molecule has 1 unspecified atom stereocenters. The number of allylic oxidation sites excluding steroid dienone is 1. The van der Waals surface area contributed by atoms with Crippen LogP contribution in [0.1, 0.15) is 17.5 Å². The molecule has 0 saturated heterocycles. The molecule has 1 aliphatic carbocycles. The van der Waals surface area contributed by atoms with Crippen LogP contribution in [0.4, 0.5) is 11.4 Å². The minimum Gasteiger partial charge on any atom is -0.383 e. The molecule has 0 bridgehead atoms. The first kappa shape index (κ1) is 19.4. The molecule has 5 nitrogen and oxygen atoms in total. The van der Waals surface area contributed by atoms with E-state index < -0.39 is 11.6 Å². The molecule has 1 aliphatic heterocycles. The highest BCUT2D eigenvalue weighted by Gasteiger charge is 2.53. The highest BCUT2D eigenvalue weighted by atomic mass is 16.3. The van der Waals surface area contributed by atoms with Crippen molar-refractivity contribution < 1.29 is 9.90 Å². The Labute approximate surface area is 182 Å². The molecule has 3 aromatic carbocycles. The van der Waals surface area contributed by atoms with Crippen LogP contribution in [0.2, 0.25) is 0 Å². The van der Waals surface area contributed by atoms with Crippen molar-refractivity contribution in [2.75, 3.05) is 23.3 Å². The second-order valence-electron chi connectivity index (χ2n) is 7.92. The fraction of sp³-hybridized carbons (Fsp3) is 0.192. The van der Waals surface area contributed by atoms with E-state index >= 15 is 0 Å². The number of amides is 1. The minimum absolute atomic E-state index is 0.391. The number of hydrogen-bond acceptors (Lipinski definition) is 4. The molecular formula is C26H25N3O2. The molecule has 156 valence electrons. The lowest BCUT2D eigenvalue weighted by molar-refractivity contribution is -0.132. The summed E-state index contributed by atoms with van der Waals surface area (Å²) in [5.41, 5.74) is 3.64. The summed E-state index contributed by atoms with van der Waals surface area (Å²) in [5.74, 6) is -0.391. The quantitative estimate of drug-likeness (QED) is 0.540. The van der Waals surface area contributed by atoms with E-state index in [9.17, 15) is 9.90 Å². The second-order valence-corrected chi connectivity index (χ2v) is 7.92. The van der Waals surface area contributed by atoms with Gasteiger partial charge in [0, 0.05) is 35.7 Å². The lowest BCUT2D eigenvalue weighted by atomic mass is 9.84. The van der Waals surface area contributed by atoms with Crippen LogP contribution in [0.5, 0.6) is 0 Å². The number of aryl methyl sites for hydroxylation is 1. The largest absolute Gasteiger partial charge is 0.383 e. The third-order valence-electron chi connectivity index (χ3n) is 6.06. The first-order valence-corrected chi connectivity index (χ1v) is 10.7. The zero-order valence-corrected chi connectivity index (χ0v) is 17.2. The third kappa shape index (κ3) is 3.37. The number of nitrogens with zero attached hydrogens (tertiary/aromatic N) is 1. The monoisotopic (exact) mass is 411 g/mol. The maximum atomic E-state index is 13.3. The number of para-hydroxylation sites is 2. The maximum Gasteiger partial charge on any atom is 0.282 e. The van der Waals surface area contributed by atoms with E-state index in [4.69, 9.17) is 0 Å². The molecule has 1 atom stereocenters. The van der Waals surface area contributed by atoms with Crippen LogP contribution in [0.15, 0.2) is 90.6 Å². The van der Waals surface area contributed by atoms with E-state index in [2.05, 4.69) is 16.7 Å². The molecule has 2 aliphatic rings. The van der Waals surface area contributed by atoms with Gasteiger partial charge in [-0.05, 0) is 48.2 Å². The lowest BCUT2D eigenvalue weighted by Crippen LogP contribution is -2.57. The Morgan fingerprint density at radius 2 is 1.58 bits per heavy atom. The Balaban J connectivity index is 1.53. The van der Waals surface area contributed by atoms with Gasteiger partial charge >= 0.3 is 0 Å². The van der Waals surface area contributed by atoms with Crippen LogP contribution >= 0.6 is 0 Å². The average molecular weight is 412 g/mol. The van der Waals surface area contributed by atoms with E-state index in [0.717, 1.165) is 34.6 Å². The van der Waals surface area contributed by atoms with Crippen molar-refractivity contribution in [2.45, 2.75) is 18.6 Å². The molecule has 0 radical (unpaired) electrons. The fourth-order valence-electron chi connectivity index (χ4n) is 4.60. The molecule has 0 spiro atoms. The standard InChI is InChI=1S/C26H25N3O2/c30-25-26(31,24-22-14-8-7-9-19(22)15-16-23(24)28-25)29(21-12-5-2-6-13-21)18-17-27-20-10-3-1-4-11-20/h1-14,27,31H,15-18H2,(H,28,30). The number of hydrogen-bond donors (Lipinski definition) is 3.